The van der Waals surface area contributed by atoms with Crippen molar-refractivity contribution in [3.05, 3.63) is 34.9 Å². The lowest BCUT2D eigenvalue weighted by atomic mass is 10.0. The predicted molar refractivity (Wildman–Crippen MR) is 88.0 cm³/mol. The van der Waals surface area contributed by atoms with Gasteiger partial charge in [-0.15, -0.1) is 0 Å². The Hall–Kier alpha value is -2.21. The Morgan fingerprint density at radius 1 is 1.17 bits per heavy atom. The molecule has 0 saturated carbocycles. The van der Waals surface area contributed by atoms with E-state index in [4.69, 9.17) is 4.74 Å². The third-order valence-electron chi connectivity index (χ3n) is 4.71. The van der Waals surface area contributed by atoms with Gasteiger partial charge < -0.3 is 9.64 Å². The number of fused-ring (bicyclic) bond motifs is 1. The van der Waals surface area contributed by atoms with E-state index in [1.807, 2.05) is 18.7 Å². The average molecular weight is 330 g/mol. The number of nitrogens with zero attached hydrogens (tertiary/aromatic N) is 2. The van der Waals surface area contributed by atoms with Crippen LogP contribution in [0.4, 0.5) is 0 Å². The highest BCUT2D eigenvalue weighted by Crippen LogP contribution is 2.25. The molecule has 1 fully saturated rings. The average Bonchev–Trinajstić information content (AvgIpc) is 2.80. The van der Waals surface area contributed by atoms with Crippen molar-refractivity contribution in [2.24, 2.45) is 0 Å². The molecule has 1 aromatic carbocycles. The molecule has 0 radical (unpaired) electrons. The van der Waals surface area contributed by atoms with Gasteiger partial charge in [0.1, 0.15) is 0 Å². The van der Waals surface area contributed by atoms with Gasteiger partial charge >= 0.3 is 0 Å². The fourth-order valence-electron chi connectivity index (χ4n) is 3.43. The van der Waals surface area contributed by atoms with Crippen molar-refractivity contribution >= 4 is 17.7 Å². The van der Waals surface area contributed by atoms with E-state index < -0.39 is 0 Å². The summed E-state index contributed by atoms with van der Waals surface area (Å²) < 4.78 is 5.39. The molecule has 2 aliphatic heterocycles. The molecule has 3 amide bonds. The van der Waals surface area contributed by atoms with Crippen molar-refractivity contribution in [1.29, 1.82) is 0 Å². The summed E-state index contributed by atoms with van der Waals surface area (Å²) in [7, 11) is 1.45. The molecule has 0 aromatic heterocycles. The van der Waals surface area contributed by atoms with Crippen molar-refractivity contribution in [2.75, 3.05) is 20.3 Å². The lowest BCUT2D eigenvalue weighted by molar-refractivity contribution is 0.0206. The first-order valence-corrected chi connectivity index (χ1v) is 8.28. The SMILES string of the molecule is CC(C)N(C(=O)c1ccc2c(c1)C(=O)N(C)C2=O)C1CCOCC1. The van der Waals surface area contributed by atoms with Gasteiger partial charge in [-0.25, -0.2) is 0 Å². The van der Waals surface area contributed by atoms with Crippen LogP contribution in [0.5, 0.6) is 0 Å². The summed E-state index contributed by atoms with van der Waals surface area (Å²) in [5.74, 6) is -0.777. The minimum Gasteiger partial charge on any atom is -0.381 e. The zero-order chi connectivity index (χ0) is 17.4. The highest BCUT2D eigenvalue weighted by atomic mass is 16.5. The van der Waals surface area contributed by atoms with E-state index in [-0.39, 0.29) is 29.8 Å². The number of imide groups is 1. The second-order valence-corrected chi connectivity index (χ2v) is 6.58. The number of carbonyl (C=O) groups is 3. The molecular formula is C18H22N2O4. The first-order chi connectivity index (χ1) is 11.4. The summed E-state index contributed by atoms with van der Waals surface area (Å²) in [5.41, 5.74) is 1.12. The van der Waals surface area contributed by atoms with E-state index in [9.17, 15) is 14.4 Å². The van der Waals surface area contributed by atoms with E-state index in [0.717, 1.165) is 17.7 Å². The lowest BCUT2D eigenvalue weighted by Gasteiger charge is -2.37. The molecule has 6 nitrogen and oxygen atoms in total. The minimum atomic E-state index is -0.355. The molecule has 1 saturated heterocycles. The molecule has 0 atom stereocenters. The summed E-state index contributed by atoms with van der Waals surface area (Å²) in [5, 5.41) is 0. The van der Waals surface area contributed by atoms with Crippen LogP contribution < -0.4 is 0 Å². The van der Waals surface area contributed by atoms with Crippen LogP contribution in [0.15, 0.2) is 18.2 Å². The van der Waals surface area contributed by atoms with Crippen molar-refractivity contribution in [2.45, 2.75) is 38.8 Å². The maximum atomic E-state index is 13.0. The van der Waals surface area contributed by atoms with Crippen molar-refractivity contribution < 1.29 is 19.1 Å². The van der Waals surface area contributed by atoms with Gasteiger partial charge in [0.2, 0.25) is 0 Å². The second kappa shape index (κ2) is 6.36. The first-order valence-electron chi connectivity index (χ1n) is 8.28. The second-order valence-electron chi connectivity index (χ2n) is 6.58. The molecular weight excluding hydrogens is 308 g/mol. The van der Waals surface area contributed by atoms with Crippen molar-refractivity contribution in [1.82, 2.24) is 9.80 Å². The van der Waals surface area contributed by atoms with E-state index >= 15 is 0 Å². The molecule has 24 heavy (non-hydrogen) atoms. The van der Waals surface area contributed by atoms with Gasteiger partial charge in [-0.3, -0.25) is 19.3 Å². The Balaban J connectivity index is 1.92. The fourth-order valence-corrected chi connectivity index (χ4v) is 3.43. The predicted octanol–water partition coefficient (Wildman–Crippen LogP) is 1.94. The van der Waals surface area contributed by atoms with Crippen molar-refractivity contribution in [3.8, 4) is 0 Å². The van der Waals surface area contributed by atoms with Crippen LogP contribution in [0.2, 0.25) is 0 Å². The number of hydrogen-bond donors (Lipinski definition) is 0. The Morgan fingerprint density at radius 2 is 1.79 bits per heavy atom. The summed E-state index contributed by atoms with van der Waals surface area (Å²) >= 11 is 0. The molecule has 2 aliphatic rings. The zero-order valence-corrected chi connectivity index (χ0v) is 14.2. The molecule has 6 heteroatoms. The van der Waals surface area contributed by atoms with Crippen LogP contribution in [0.1, 0.15) is 57.8 Å². The quantitative estimate of drug-likeness (QED) is 0.795. The van der Waals surface area contributed by atoms with Gasteiger partial charge in [-0.1, -0.05) is 0 Å². The van der Waals surface area contributed by atoms with E-state index in [1.165, 1.54) is 7.05 Å². The summed E-state index contributed by atoms with van der Waals surface area (Å²) in [4.78, 5) is 40.1. The molecule has 0 unspecified atom stereocenters. The fraction of sp³-hybridized carbons (Fsp3) is 0.500. The molecule has 0 N–H and O–H groups in total. The van der Waals surface area contributed by atoms with Crippen LogP contribution in [0.3, 0.4) is 0 Å². The number of ether oxygens (including phenoxy) is 1. The first kappa shape index (κ1) is 16.6. The largest absolute Gasteiger partial charge is 0.381 e. The van der Waals surface area contributed by atoms with Crippen LogP contribution in [-0.2, 0) is 4.74 Å². The van der Waals surface area contributed by atoms with Gasteiger partial charge in [-0.2, -0.15) is 0 Å². The summed E-state index contributed by atoms with van der Waals surface area (Å²) in [6.07, 6.45) is 1.63. The van der Waals surface area contributed by atoms with Crippen LogP contribution in [-0.4, -0.2) is 59.9 Å². The molecule has 1 aromatic rings. The number of hydrogen-bond acceptors (Lipinski definition) is 4. The summed E-state index contributed by atoms with van der Waals surface area (Å²) in [6.45, 7) is 5.29. The topological polar surface area (TPSA) is 66.9 Å². The number of benzene rings is 1. The van der Waals surface area contributed by atoms with Gasteiger partial charge in [0, 0.05) is 37.9 Å². The Morgan fingerprint density at radius 3 is 2.42 bits per heavy atom. The van der Waals surface area contributed by atoms with Gasteiger partial charge in [0.15, 0.2) is 0 Å². The zero-order valence-electron chi connectivity index (χ0n) is 14.2. The standard InChI is InChI=1S/C18H22N2O4/c1-11(2)20(13-6-8-24-9-7-13)16(21)12-4-5-14-15(10-12)18(23)19(3)17(14)22/h4-5,10-11,13H,6-9H2,1-3H3. The lowest BCUT2D eigenvalue weighted by Crippen LogP contribution is -2.47. The van der Waals surface area contributed by atoms with E-state index in [1.54, 1.807) is 18.2 Å². The molecule has 0 bridgehead atoms. The molecule has 3 rings (SSSR count). The Kier molecular flexibility index (Phi) is 4.41. The number of amides is 3. The van der Waals surface area contributed by atoms with E-state index in [2.05, 4.69) is 0 Å². The number of carbonyl (C=O) groups excluding carboxylic acids is 3. The van der Waals surface area contributed by atoms with Crippen LogP contribution >= 0.6 is 0 Å². The normalized spacial score (nSPS) is 18.2. The molecule has 0 spiro atoms. The van der Waals surface area contributed by atoms with Crippen LogP contribution in [0, 0.1) is 0 Å². The van der Waals surface area contributed by atoms with Gasteiger partial charge in [0.25, 0.3) is 17.7 Å². The highest BCUT2D eigenvalue weighted by Gasteiger charge is 2.35. The minimum absolute atomic E-state index is 0.0499. The monoisotopic (exact) mass is 330 g/mol. The maximum Gasteiger partial charge on any atom is 0.261 e. The van der Waals surface area contributed by atoms with Gasteiger partial charge in [0.05, 0.1) is 11.1 Å². The van der Waals surface area contributed by atoms with Crippen molar-refractivity contribution in [3.63, 3.8) is 0 Å². The van der Waals surface area contributed by atoms with Crippen LogP contribution in [0.25, 0.3) is 0 Å². The van der Waals surface area contributed by atoms with Gasteiger partial charge in [-0.05, 0) is 44.9 Å². The highest BCUT2D eigenvalue weighted by molar-refractivity contribution is 6.21. The number of rotatable bonds is 3. The molecule has 0 aliphatic carbocycles. The molecule has 128 valence electrons. The summed E-state index contributed by atoms with van der Waals surface area (Å²) in [6, 6.07) is 4.96. The molecule has 2 heterocycles. The Labute approximate surface area is 141 Å². The third kappa shape index (κ3) is 2.71. The Bertz CT molecular complexity index is 692. The van der Waals surface area contributed by atoms with E-state index in [0.29, 0.717) is 29.9 Å². The smallest absolute Gasteiger partial charge is 0.261 e. The maximum absolute atomic E-state index is 13.0. The third-order valence-corrected chi connectivity index (χ3v) is 4.71.